The molecule has 6 rings (SSSR count). The smallest absolute Gasteiger partial charge is 0.338 e. The Balaban J connectivity index is 1.47. The Labute approximate surface area is 370 Å². The highest BCUT2D eigenvalue weighted by Gasteiger charge is 2.58. The summed E-state index contributed by atoms with van der Waals surface area (Å²) >= 11 is 0. The number of benzene rings is 4. The van der Waals surface area contributed by atoms with Crippen LogP contribution in [0.3, 0.4) is 0 Å². The van der Waals surface area contributed by atoms with Crippen LogP contribution in [0.15, 0.2) is 121 Å². The van der Waals surface area contributed by atoms with Crippen molar-refractivity contribution in [2.45, 2.75) is 94.5 Å². The van der Waals surface area contributed by atoms with Gasteiger partial charge in [-0.3, -0.25) is 0 Å². The Hall–Kier alpha value is -6.01. The first-order chi connectivity index (χ1) is 31.1. The minimum atomic E-state index is -1.98. The summed E-state index contributed by atoms with van der Waals surface area (Å²) in [6.07, 6.45) is -14.7. The van der Waals surface area contributed by atoms with Gasteiger partial charge in [0.25, 0.3) is 0 Å². The summed E-state index contributed by atoms with van der Waals surface area (Å²) in [5.41, 5.74) is 0.433. The molecule has 0 saturated carbocycles. The molecule has 2 heterocycles. The summed E-state index contributed by atoms with van der Waals surface area (Å²) in [6.45, 7) is 4.06. The second-order valence-electron chi connectivity index (χ2n) is 14.8. The highest BCUT2D eigenvalue weighted by Crippen LogP contribution is 2.36. The van der Waals surface area contributed by atoms with E-state index in [1.807, 2.05) is 13.8 Å². The van der Waals surface area contributed by atoms with E-state index in [2.05, 4.69) is 0 Å². The fourth-order valence-corrected chi connectivity index (χ4v) is 6.97. The van der Waals surface area contributed by atoms with Crippen LogP contribution in [0.25, 0.3) is 0 Å². The van der Waals surface area contributed by atoms with Gasteiger partial charge in [0.1, 0.15) is 18.3 Å². The van der Waals surface area contributed by atoms with E-state index in [0.717, 1.165) is 13.5 Å². The summed E-state index contributed by atoms with van der Waals surface area (Å²) in [6, 6.07) is 31.7. The van der Waals surface area contributed by atoms with Crippen LogP contribution in [-0.4, -0.2) is 123 Å². The van der Waals surface area contributed by atoms with E-state index in [0.29, 0.717) is 12.8 Å². The molecule has 0 radical (unpaired) electrons. The first kappa shape index (κ1) is 47.5. The van der Waals surface area contributed by atoms with E-state index >= 15 is 0 Å². The van der Waals surface area contributed by atoms with Crippen molar-refractivity contribution in [3.8, 4) is 0 Å². The monoisotopic (exact) mass is 884 g/mol. The molecule has 4 aromatic rings. The molecule has 2 fully saturated rings. The minimum Gasteiger partial charge on any atom is -0.467 e. The molecule has 0 aromatic heterocycles. The van der Waals surface area contributed by atoms with Crippen molar-refractivity contribution in [3.63, 3.8) is 0 Å². The van der Waals surface area contributed by atoms with Crippen molar-refractivity contribution in [3.05, 3.63) is 144 Å². The molecule has 16 heteroatoms. The van der Waals surface area contributed by atoms with Crippen molar-refractivity contribution in [1.82, 2.24) is 0 Å². The SMILES string of the molecule is CCCCOCC1O[C@@H](OCCC)[C@@H](OC(=O)c2ccccc2)C(OC(=O)c2ccccc2)[C@@H]1O[C@@H]1OC(C(=O)OC)[C@@H](O)C(OC(=O)c2ccccc2)[C@@H]1OC(=O)c1ccccc1. The molecular weight excluding hydrogens is 833 g/mol. The van der Waals surface area contributed by atoms with Gasteiger partial charge in [-0.05, 0) is 61.4 Å². The molecule has 4 aromatic carbocycles. The molecular formula is C48H52O16. The predicted molar refractivity (Wildman–Crippen MR) is 225 cm³/mol. The zero-order valence-corrected chi connectivity index (χ0v) is 35.6. The fraction of sp³-hybridized carbons (Fsp3) is 0.396. The van der Waals surface area contributed by atoms with Crippen LogP contribution in [0.1, 0.15) is 74.5 Å². The van der Waals surface area contributed by atoms with E-state index in [9.17, 15) is 29.1 Å². The number of aliphatic hydroxyl groups excluding tert-OH is 1. The number of hydrogen-bond donors (Lipinski definition) is 1. The van der Waals surface area contributed by atoms with Crippen LogP contribution in [0.2, 0.25) is 0 Å². The van der Waals surface area contributed by atoms with Crippen LogP contribution in [0, 0.1) is 0 Å². The van der Waals surface area contributed by atoms with Gasteiger partial charge in [0.2, 0.25) is 0 Å². The number of unbranched alkanes of at least 4 members (excludes halogenated alkanes) is 1. The third-order valence-corrected chi connectivity index (χ3v) is 10.3. The van der Waals surface area contributed by atoms with Crippen LogP contribution in [-0.2, 0) is 52.2 Å². The zero-order valence-electron chi connectivity index (χ0n) is 35.6. The van der Waals surface area contributed by atoms with E-state index in [1.54, 1.807) is 72.8 Å². The van der Waals surface area contributed by atoms with Gasteiger partial charge in [-0.1, -0.05) is 93.1 Å². The van der Waals surface area contributed by atoms with Crippen molar-refractivity contribution < 1.29 is 76.4 Å². The maximum Gasteiger partial charge on any atom is 0.338 e. The van der Waals surface area contributed by atoms with Gasteiger partial charge in [-0.15, -0.1) is 0 Å². The summed E-state index contributed by atoms with van der Waals surface area (Å²) in [5.74, 6) is -4.65. The second-order valence-corrected chi connectivity index (χ2v) is 14.8. The van der Waals surface area contributed by atoms with Crippen molar-refractivity contribution in [2.24, 2.45) is 0 Å². The number of hydrogen-bond acceptors (Lipinski definition) is 16. The van der Waals surface area contributed by atoms with Gasteiger partial charge in [0, 0.05) is 13.2 Å². The third kappa shape index (κ3) is 12.2. The minimum absolute atomic E-state index is 0.0699. The molecule has 0 amide bonds. The second kappa shape index (κ2) is 23.6. The Morgan fingerprint density at radius 3 is 1.41 bits per heavy atom. The molecule has 10 atom stereocenters. The molecule has 1 N–H and O–H groups in total. The zero-order chi connectivity index (χ0) is 45.4. The normalized spacial score (nSPS) is 25.3. The maximum absolute atomic E-state index is 14.1. The largest absolute Gasteiger partial charge is 0.467 e. The lowest BCUT2D eigenvalue weighted by Crippen LogP contribution is -2.67. The van der Waals surface area contributed by atoms with Gasteiger partial charge < -0.3 is 52.5 Å². The fourth-order valence-electron chi connectivity index (χ4n) is 6.97. The molecule has 340 valence electrons. The van der Waals surface area contributed by atoms with Crippen LogP contribution >= 0.6 is 0 Å². The molecule has 4 unspecified atom stereocenters. The molecule has 64 heavy (non-hydrogen) atoms. The van der Waals surface area contributed by atoms with Gasteiger partial charge in [-0.25, -0.2) is 24.0 Å². The van der Waals surface area contributed by atoms with Crippen molar-refractivity contribution in [1.29, 1.82) is 0 Å². The first-order valence-corrected chi connectivity index (χ1v) is 21.1. The van der Waals surface area contributed by atoms with Crippen molar-refractivity contribution >= 4 is 29.8 Å². The first-order valence-electron chi connectivity index (χ1n) is 21.1. The topological polar surface area (TPSA) is 198 Å². The van der Waals surface area contributed by atoms with E-state index in [-0.39, 0.29) is 42.1 Å². The third-order valence-electron chi connectivity index (χ3n) is 10.3. The number of carbonyl (C=O) groups is 5. The average Bonchev–Trinajstić information content (AvgIpc) is 3.33. The highest BCUT2D eigenvalue weighted by atomic mass is 16.8. The Morgan fingerprint density at radius 1 is 0.531 bits per heavy atom. The lowest BCUT2D eigenvalue weighted by molar-refractivity contribution is -0.354. The molecule has 2 saturated heterocycles. The number of rotatable bonds is 19. The summed E-state index contributed by atoms with van der Waals surface area (Å²) in [5, 5.41) is 11.7. The molecule has 0 spiro atoms. The van der Waals surface area contributed by atoms with Gasteiger partial charge in [0.05, 0.1) is 36.0 Å². The summed E-state index contributed by atoms with van der Waals surface area (Å²) in [7, 11) is 1.06. The van der Waals surface area contributed by atoms with E-state index in [4.69, 9.17) is 47.4 Å². The van der Waals surface area contributed by atoms with Crippen LogP contribution < -0.4 is 0 Å². The maximum atomic E-state index is 14.1. The number of esters is 5. The van der Waals surface area contributed by atoms with Crippen LogP contribution in [0.4, 0.5) is 0 Å². The predicted octanol–water partition coefficient (Wildman–Crippen LogP) is 5.50. The molecule has 0 bridgehead atoms. The van der Waals surface area contributed by atoms with Gasteiger partial charge in [-0.2, -0.15) is 0 Å². The Kier molecular flexibility index (Phi) is 17.5. The van der Waals surface area contributed by atoms with E-state index in [1.165, 1.54) is 48.5 Å². The van der Waals surface area contributed by atoms with E-state index < -0.39 is 91.3 Å². The number of carbonyl (C=O) groups excluding carboxylic acids is 5. The molecule has 0 aliphatic carbocycles. The number of aliphatic hydroxyl groups is 1. The Bertz CT molecular complexity index is 2100. The molecule has 2 aliphatic rings. The molecule has 16 nitrogen and oxygen atoms in total. The lowest BCUT2D eigenvalue weighted by Gasteiger charge is -2.48. The number of methoxy groups -OCH3 is 1. The summed E-state index contributed by atoms with van der Waals surface area (Å²) in [4.78, 5) is 68.9. The van der Waals surface area contributed by atoms with Crippen molar-refractivity contribution in [2.75, 3.05) is 26.9 Å². The average molecular weight is 885 g/mol. The quantitative estimate of drug-likeness (QED) is 0.0703. The van der Waals surface area contributed by atoms with Crippen LogP contribution in [0.5, 0.6) is 0 Å². The lowest BCUT2D eigenvalue weighted by atomic mass is 9.95. The van der Waals surface area contributed by atoms with Gasteiger partial charge in [0.15, 0.2) is 43.1 Å². The molecule has 2 aliphatic heterocycles. The summed E-state index contributed by atoms with van der Waals surface area (Å²) < 4.78 is 60.8. The van der Waals surface area contributed by atoms with Gasteiger partial charge >= 0.3 is 29.8 Å². The highest BCUT2D eigenvalue weighted by molar-refractivity contribution is 5.91. The Morgan fingerprint density at radius 2 is 0.969 bits per heavy atom. The standard InChI is InChI=1S/C48H52O16/c1-4-6-28-56-29-34-36(39(60-43(51)31-21-13-8-14-22-31)41(47(58-34)57-27-5-2)62-45(53)33-25-17-10-18-26-33)63-48-40(61-44(52)32-23-15-9-16-24-32)37(35(49)38(64-48)46(54)55-3)59-42(50)30-19-11-7-12-20-30/h7-26,34-41,47-49H,4-6,27-29H2,1-3H3/t34?,35-,36+,37?,38?,39?,40-,41-,47+,48+/m0/s1. The number of ether oxygens (including phenoxy) is 10.